The van der Waals surface area contributed by atoms with Crippen molar-refractivity contribution in [3.05, 3.63) is 0 Å². The molecular formula is C9H18N2O2. The molecule has 0 aromatic rings. The molecule has 1 rings (SSSR count). The SMILES string of the molecule is CCOC(=O)NC1CCCC(N)C1. The van der Waals surface area contributed by atoms with Crippen LogP contribution in [0.15, 0.2) is 0 Å². The first-order valence-electron chi connectivity index (χ1n) is 4.91. The summed E-state index contributed by atoms with van der Waals surface area (Å²) in [5, 5.41) is 2.81. The summed E-state index contributed by atoms with van der Waals surface area (Å²) in [4.78, 5) is 11.0. The van der Waals surface area contributed by atoms with Crippen molar-refractivity contribution in [3.63, 3.8) is 0 Å². The van der Waals surface area contributed by atoms with Gasteiger partial charge >= 0.3 is 6.09 Å². The van der Waals surface area contributed by atoms with E-state index in [1.807, 2.05) is 0 Å². The van der Waals surface area contributed by atoms with Gasteiger partial charge in [-0.15, -0.1) is 0 Å². The Hall–Kier alpha value is -0.770. The predicted molar refractivity (Wildman–Crippen MR) is 50.4 cm³/mol. The first-order chi connectivity index (χ1) is 6.22. The van der Waals surface area contributed by atoms with Gasteiger partial charge in [-0.1, -0.05) is 0 Å². The van der Waals surface area contributed by atoms with Crippen molar-refractivity contribution < 1.29 is 9.53 Å². The van der Waals surface area contributed by atoms with Gasteiger partial charge in [-0.05, 0) is 32.6 Å². The number of rotatable bonds is 2. The highest BCUT2D eigenvalue weighted by molar-refractivity contribution is 5.67. The Labute approximate surface area is 78.8 Å². The maximum atomic E-state index is 11.0. The molecule has 0 aliphatic heterocycles. The molecule has 0 heterocycles. The second kappa shape index (κ2) is 5.07. The minimum Gasteiger partial charge on any atom is -0.450 e. The lowest BCUT2D eigenvalue weighted by atomic mass is 9.92. The molecule has 0 aromatic heterocycles. The van der Waals surface area contributed by atoms with Gasteiger partial charge in [0.25, 0.3) is 0 Å². The number of nitrogens with two attached hydrogens (primary N) is 1. The number of ether oxygens (including phenoxy) is 1. The van der Waals surface area contributed by atoms with Gasteiger partial charge in [0.1, 0.15) is 0 Å². The molecule has 1 aliphatic carbocycles. The molecule has 0 saturated heterocycles. The third-order valence-corrected chi connectivity index (χ3v) is 2.31. The number of nitrogens with one attached hydrogen (secondary N) is 1. The van der Waals surface area contributed by atoms with E-state index in [4.69, 9.17) is 10.5 Å². The molecule has 1 saturated carbocycles. The van der Waals surface area contributed by atoms with E-state index < -0.39 is 0 Å². The topological polar surface area (TPSA) is 64.3 Å². The lowest BCUT2D eigenvalue weighted by Crippen LogP contribution is -2.42. The van der Waals surface area contributed by atoms with Crippen LogP contribution < -0.4 is 11.1 Å². The molecule has 1 aliphatic rings. The molecule has 0 radical (unpaired) electrons. The van der Waals surface area contributed by atoms with Crippen molar-refractivity contribution in [3.8, 4) is 0 Å². The molecule has 13 heavy (non-hydrogen) atoms. The van der Waals surface area contributed by atoms with Crippen LogP contribution in [0.2, 0.25) is 0 Å². The summed E-state index contributed by atoms with van der Waals surface area (Å²) in [7, 11) is 0. The lowest BCUT2D eigenvalue weighted by molar-refractivity contribution is 0.144. The molecule has 76 valence electrons. The van der Waals surface area contributed by atoms with Gasteiger partial charge < -0.3 is 15.8 Å². The van der Waals surface area contributed by atoms with Crippen molar-refractivity contribution in [2.75, 3.05) is 6.61 Å². The molecule has 0 bridgehead atoms. The normalized spacial score (nSPS) is 28.2. The highest BCUT2D eigenvalue weighted by Crippen LogP contribution is 2.16. The molecule has 2 unspecified atom stereocenters. The van der Waals surface area contributed by atoms with Gasteiger partial charge in [0.15, 0.2) is 0 Å². The van der Waals surface area contributed by atoms with E-state index in [-0.39, 0.29) is 18.2 Å². The second-order valence-electron chi connectivity index (χ2n) is 3.49. The molecule has 2 atom stereocenters. The number of hydrogen-bond donors (Lipinski definition) is 2. The van der Waals surface area contributed by atoms with E-state index >= 15 is 0 Å². The Morgan fingerprint density at radius 3 is 3.00 bits per heavy atom. The van der Waals surface area contributed by atoms with Crippen LogP contribution >= 0.6 is 0 Å². The summed E-state index contributed by atoms with van der Waals surface area (Å²) in [5.74, 6) is 0. The van der Waals surface area contributed by atoms with Crippen LogP contribution in [0.25, 0.3) is 0 Å². The summed E-state index contributed by atoms with van der Waals surface area (Å²) >= 11 is 0. The Morgan fingerprint density at radius 2 is 2.38 bits per heavy atom. The maximum absolute atomic E-state index is 11.0. The predicted octanol–water partition coefficient (Wildman–Crippen LogP) is 1.00. The number of amides is 1. The van der Waals surface area contributed by atoms with Crippen LogP contribution in [0, 0.1) is 0 Å². The zero-order chi connectivity index (χ0) is 9.68. The van der Waals surface area contributed by atoms with Gasteiger partial charge in [-0.3, -0.25) is 0 Å². The van der Waals surface area contributed by atoms with Crippen LogP contribution in [0.3, 0.4) is 0 Å². The van der Waals surface area contributed by atoms with Gasteiger partial charge in [0, 0.05) is 12.1 Å². The summed E-state index contributed by atoms with van der Waals surface area (Å²) < 4.78 is 4.79. The van der Waals surface area contributed by atoms with E-state index in [0.29, 0.717) is 6.61 Å². The van der Waals surface area contributed by atoms with Gasteiger partial charge in [-0.2, -0.15) is 0 Å². The molecule has 4 nitrogen and oxygen atoms in total. The number of carbonyl (C=O) groups is 1. The maximum Gasteiger partial charge on any atom is 0.407 e. The van der Waals surface area contributed by atoms with Crippen LogP contribution in [0.1, 0.15) is 32.6 Å². The van der Waals surface area contributed by atoms with Crippen molar-refractivity contribution in [2.24, 2.45) is 5.73 Å². The molecule has 1 fully saturated rings. The van der Waals surface area contributed by atoms with Crippen LogP contribution in [-0.4, -0.2) is 24.8 Å². The summed E-state index contributed by atoms with van der Waals surface area (Å²) in [6.07, 6.45) is 3.74. The molecule has 3 N–H and O–H groups in total. The molecular weight excluding hydrogens is 168 g/mol. The first kappa shape index (κ1) is 10.3. The van der Waals surface area contributed by atoms with Crippen molar-refractivity contribution in [1.82, 2.24) is 5.32 Å². The largest absolute Gasteiger partial charge is 0.450 e. The van der Waals surface area contributed by atoms with E-state index in [9.17, 15) is 4.79 Å². The molecule has 0 spiro atoms. The Balaban J connectivity index is 2.23. The second-order valence-corrected chi connectivity index (χ2v) is 3.49. The zero-order valence-corrected chi connectivity index (χ0v) is 8.08. The zero-order valence-electron chi connectivity index (χ0n) is 8.08. The number of carbonyl (C=O) groups excluding carboxylic acids is 1. The summed E-state index contributed by atoms with van der Waals surface area (Å²) in [6, 6.07) is 0.448. The third-order valence-electron chi connectivity index (χ3n) is 2.31. The third kappa shape index (κ3) is 3.63. The van der Waals surface area contributed by atoms with E-state index in [1.54, 1.807) is 6.92 Å². The molecule has 4 heteroatoms. The van der Waals surface area contributed by atoms with Gasteiger partial charge in [-0.25, -0.2) is 4.79 Å². The summed E-state index contributed by atoms with van der Waals surface area (Å²) in [5.41, 5.74) is 5.78. The fourth-order valence-electron chi connectivity index (χ4n) is 1.70. The number of hydrogen-bond acceptors (Lipinski definition) is 3. The lowest BCUT2D eigenvalue weighted by Gasteiger charge is -2.26. The van der Waals surface area contributed by atoms with Gasteiger partial charge in [0.2, 0.25) is 0 Å². The molecule has 0 aromatic carbocycles. The van der Waals surface area contributed by atoms with Gasteiger partial charge in [0.05, 0.1) is 6.61 Å². The minimum absolute atomic E-state index is 0.211. The first-order valence-corrected chi connectivity index (χ1v) is 4.91. The Morgan fingerprint density at radius 1 is 1.62 bits per heavy atom. The molecule has 1 amide bonds. The van der Waals surface area contributed by atoms with E-state index in [1.165, 1.54) is 0 Å². The monoisotopic (exact) mass is 186 g/mol. The minimum atomic E-state index is -0.318. The highest BCUT2D eigenvalue weighted by atomic mass is 16.5. The highest BCUT2D eigenvalue weighted by Gasteiger charge is 2.20. The smallest absolute Gasteiger partial charge is 0.407 e. The standard InChI is InChI=1S/C9H18N2O2/c1-2-13-9(12)11-8-5-3-4-7(10)6-8/h7-8H,2-6,10H2,1H3,(H,11,12). The van der Waals surface area contributed by atoms with Crippen LogP contribution in [0.5, 0.6) is 0 Å². The quantitative estimate of drug-likeness (QED) is 0.676. The van der Waals surface area contributed by atoms with Crippen LogP contribution in [0.4, 0.5) is 4.79 Å². The average molecular weight is 186 g/mol. The van der Waals surface area contributed by atoms with E-state index in [0.717, 1.165) is 25.7 Å². The fourth-order valence-corrected chi connectivity index (χ4v) is 1.70. The Kier molecular flexibility index (Phi) is 4.02. The summed E-state index contributed by atoms with van der Waals surface area (Å²) in [6.45, 7) is 2.22. The average Bonchev–Trinajstić information content (AvgIpc) is 2.04. The van der Waals surface area contributed by atoms with E-state index in [2.05, 4.69) is 5.32 Å². The van der Waals surface area contributed by atoms with Crippen LogP contribution in [-0.2, 0) is 4.74 Å². The Bertz CT molecular complexity index is 173. The van der Waals surface area contributed by atoms with Crippen molar-refractivity contribution in [1.29, 1.82) is 0 Å². The number of alkyl carbamates (subject to hydrolysis) is 1. The fraction of sp³-hybridized carbons (Fsp3) is 0.889. The van der Waals surface area contributed by atoms with Crippen molar-refractivity contribution >= 4 is 6.09 Å². The van der Waals surface area contributed by atoms with Crippen molar-refractivity contribution in [2.45, 2.75) is 44.7 Å².